The second kappa shape index (κ2) is 5.13. The van der Waals surface area contributed by atoms with Gasteiger partial charge in [-0.15, -0.1) is 0 Å². The number of pyridine rings is 1. The molecule has 17 heavy (non-hydrogen) atoms. The summed E-state index contributed by atoms with van der Waals surface area (Å²) in [5, 5.41) is 0. The average Bonchev–Trinajstić information content (AvgIpc) is 2.43. The third-order valence-corrected chi connectivity index (χ3v) is 3.69. The number of hydrogen-bond acceptors (Lipinski definition) is 1. The van der Waals surface area contributed by atoms with Gasteiger partial charge in [-0.1, -0.05) is 50.2 Å². The van der Waals surface area contributed by atoms with Crippen molar-refractivity contribution in [3.05, 3.63) is 66.0 Å². The van der Waals surface area contributed by atoms with E-state index >= 15 is 0 Å². The van der Waals surface area contributed by atoms with Crippen LogP contribution in [0.1, 0.15) is 37.9 Å². The van der Waals surface area contributed by atoms with Crippen molar-refractivity contribution in [3.63, 3.8) is 0 Å². The van der Waals surface area contributed by atoms with Crippen LogP contribution in [0.2, 0.25) is 0 Å². The Morgan fingerprint density at radius 3 is 2.06 bits per heavy atom. The molecule has 1 aromatic heterocycles. The lowest BCUT2D eigenvalue weighted by molar-refractivity contribution is 0.464. The lowest BCUT2D eigenvalue weighted by Crippen LogP contribution is -2.27. The molecule has 88 valence electrons. The van der Waals surface area contributed by atoms with Crippen LogP contribution in [0, 0.1) is 0 Å². The molecule has 2 rings (SSSR count). The Labute approximate surface area is 104 Å². The molecule has 1 heteroatoms. The van der Waals surface area contributed by atoms with Crippen LogP contribution >= 0.6 is 0 Å². The fourth-order valence-electron chi connectivity index (χ4n) is 2.57. The van der Waals surface area contributed by atoms with Gasteiger partial charge in [0.25, 0.3) is 0 Å². The molecule has 0 unspecified atom stereocenters. The van der Waals surface area contributed by atoms with E-state index in [1.165, 1.54) is 11.3 Å². The van der Waals surface area contributed by atoms with Crippen LogP contribution in [-0.4, -0.2) is 4.98 Å². The average molecular weight is 225 g/mol. The van der Waals surface area contributed by atoms with Crippen LogP contribution in [0.5, 0.6) is 0 Å². The maximum absolute atomic E-state index is 4.57. The molecule has 0 saturated heterocycles. The number of rotatable bonds is 4. The van der Waals surface area contributed by atoms with Gasteiger partial charge in [0.2, 0.25) is 0 Å². The van der Waals surface area contributed by atoms with Gasteiger partial charge in [-0.25, -0.2) is 0 Å². The summed E-state index contributed by atoms with van der Waals surface area (Å²) in [6.07, 6.45) is 4.04. The standard InChI is InChI=1S/C16H19N/c1-3-16(4-2,14-10-6-5-7-11-14)15-12-8-9-13-17-15/h5-13H,3-4H2,1-2H3. The summed E-state index contributed by atoms with van der Waals surface area (Å²) in [6, 6.07) is 16.9. The highest BCUT2D eigenvalue weighted by Gasteiger charge is 2.31. The van der Waals surface area contributed by atoms with Crippen LogP contribution in [0.25, 0.3) is 0 Å². The first kappa shape index (κ1) is 11.8. The number of hydrogen-bond donors (Lipinski definition) is 0. The molecule has 0 N–H and O–H groups in total. The highest BCUT2D eigenvalue weighted by atomic mass is 14.7. The zero-order chi connectivity index (χ0) is 12.1. The molecule has 1 heterocycles. The Kier molecular flexibility index (Phi) is 3.58. The predicted octanol–water partition coefficient (Wildman–Crippen LogP) is 4.19. The summed E-state index contributed by atoms with van der Waals surface area (Å²) >= 11 is 0. The minimum atomic E-state index is 0.0581. The summed E-state index contributed by atoms with van der Waals surface area (Å²) in [4.78, 5) is 4.57. The lowest BCUT2D eigenvalue weighted by Gasteiger charge is -2.31. The SMILES string of the molecule is CCC(CC)(c1ccccc1)c1ccccn1. The van der Waals surface area contributed by atoms with Crippen LogP contribution in [0.3, 0.4) is 0 Å². The van der Waals surface area contributed by atoms with E-state index in [1.807, 2.05) is 12.3 Å². The number of aromatic nitrogens is 1. The topological polar surface area (TPSA) is 12.9 Å². The molecule has 0 bridgehead atoms. The molecule has 0 saturated carbocycles. The van der Waals surface area contributed by atoms with Gasteiger partial charge in [0.15, 0.2) is 0 Å². The second-order valence-corrected chi connectivity index (χ2v) is 4.37. The summed E-state index contributed by atoms with van der Waals surface area (Å²) < 4.78 is 0. The van der Waals surface area contributed by atoms with E-state index in [4.69, 9.17) is 0 Å². The highest BCUT2D eigenvalue weighted by Crippen LogP contribution is 2.37. The van der Waals surface area contributed by atoms with Gasteiger partial charge >= 0.3 is 0 Å². The van der Waals surface area contributed by atoms with E-state index in [9.17, 15) is 0 Å². The van der Waals surface area contributed by atoms with Crippen LogP contribution in [0.4, 0.5) is 0 Å². The van der Waals surface area contributed by atoms with E-state index in [0.717, 1.165) is 12.8 Å². The van der Waals surface area contributed by atoms with Gasteiger partial charge in [0.1, 0.15) is 0 Å². The lowest BCUT2D eigenvalue weighted by atomic mass is 9.73. The van der Waals surface area contributed by atoms with Crippen molar-refractivity contribution in [2.24, 2.45) is 0 Å². The first-order chi connectivity index (χ1) is 8.33. The quantitative estimate of drug-likeness (QED) is 0.760. The third kappa shape index (κ3) is 2.10. The second-order valence-electron chi connectivity index (χ2n) is 4.37. The molecule has 0 radical (unpaired) electrons. The third-order valence-electron chi connectivity index (χ3n) is 3.69. The molecular weight excluding hydrogens is 206 g/mol. The van der Waals surface area contributed by atoms with Crippen LogP contribution in [0.15, 0.2) is 54.7 Å². The van der Waals surface area contributed by atoms with E-state index in [2.05, 4.69) is 61.3 Å². The Morgan fingerprint density at radius 1 is 0.882 bits per heavy atom. The molecule has 0 aliphatic carbocycles. The van der Waals surface area contributed by atoms with Gasteiger partial charge in [-0.3, -0.25) is 4.98 Å². The normalized spacial score (nSPS) is 11.4. The Morgan fingerprint density at radius 2 is 1.53 bits per heavy atom. The molecule has 2 aromatic rings. The summed E-state index contributed by atoms with van der Waals surface area (Å²) in [7, 11) is 0. The Hall–Kier alpha value is -1.63. The molecule has 1 nitrogen and oxygen atoms in total. The fraction of sp³-hybridized carbons (Fsp3) is 0.312. The molecule has 0 aliphatic heterocycles. The highest BCUT2D eigenvalue weighted by molar-refractivity contribution is 5.35. The van der Waals surface area contributed by atoms with E-state index in [-0.39, 0.29) is 5.41 Å². The summed E-state index contributed by atoms with van der Waals surface area (Å²) in [6.45, 7) is 4.48. The molecule has 0 aliphatic rings. The van der Waals surface area contributed by atoms with Gasteiger partial charge < -0.3 is 0 Å². The Balaban J connectivity index is 2.54. The van der Waals surface area contributed by atoms with Gasteiger partial charge in [-0.05, 0) is 30.5 Å². The molecular formula is C16H19N. The largest absolute Gasteiger partial charge is 0.260 e. The molecule has 0 spiro atoms. The summed E-state index contributed by atoms with van der Waals surface area (Å²) in [5.74, 6) is 0. The van der Waals surface area contributed by atoms with E-state index < -0.39 is 0 Å². The van der Waals surface area contributed by atoms with Crippen LogP contribution < -0.4 is 0 Å². The molecule has 0 fully saturated rings. The first-order valence-corrected chi connectivity index (χ1v) is 6.30. The van der Waals surface area contributed by atoms with Crippen molar-refractivity contribution in [3.8, 4) is 0 Å². The van der Waals surface area contributed by atoms with Crippen molar-refractivity contribution in [2.75, 3.05) is 0 Å². The molecule has 0 amide bonds. The monoisotopic (exact) mass is 225 g/mol. The van der Waals surface area contributed by atoms with Gasteiger partial charge in [0, 0.05) is 11.6 Å². The van der Waals surface area contributed by atoms with Crippen molar-refractivity contribution in [1.29, 1.82) is 0 Å². The first-order valence-electron chi connectivity index (χ1n) is 6.30. The van der Waals surface area contributed by atoms with Crippen molar-refractivity contribution < 1.29 is 0 Å². The fourth-order valence-corrected chi connectivity index (χ4v) is 2.57. The summed E-state index contributed by atoms with van der Waals surface area (Å²) in [5.41, 5.74) is 2.60. The predicted molar refractivity (Wildman–Crippen MR) is 72.0 cm³/mol. The van der Waals surface area contributed by atoms with E-state index in [0.29, 0.717) is 0 Å². The molecule has 0 atom stereocenters. The van der Waals surface area contributed by atoms with Crippen LogP contribution in [-0.2, 0) is 5.41 Å². The van der Waals surface area contributed by atoms with Crippen molar-refractivity contribution >= 4 is 0 Å². The van der Waals surface area contributed by atoms with Crippen molar-refractivity contribution in [2.45, 2.75) is 32.1 Å². The number of benzene rings is 1. The van der Waals surface area contributed by atoms with E-state index in [1.54, 1.807) is 0 Å². The van der Waals surface area contributed by atoms with Crippen molar-refractivity contribution in [1.82, 2.24) is 4.98 Å². The van der Waals surface area contributed by atoms with Gasteiger partial charge in [0.05, 0.1) is 5.69 Å². The zero-order valence-electron chi connectivity index (χ0n) is 10.6. The minimum absolute atomic E-state index is 0.0581. The van der Waals surface area contributed by atoms with Gasteiger partial charge in [-0.2, -0.15) is 0 Å². The smallest absolute Gasteiger partial charge is 0.0509 e. The Bertz CT molecular complexity index is 402. The number of nitrogens with zero attached hydrogens (tertiary/aromatic N) is 1. The molecule has 1 aromatic carbocycles. The minimum Gasteiger partial charge on any atom is -0.260 e. The zero-order valence-corrected chi connectivity index (χ0v) is 10.6. The maximum Gasteiger partial charge on any atom is 0.0509 e. The maximum atomic E-state index is 4.57.